The average Bonchev–Trinajstić information content (AvgIpc) is 3.83. The summed E-state index contributed by atoms with van der Waals surface area (Å²) < 4.78 is 4.79. The highest BCUT2D eigenvalue weighted by Gasteiger charge is 2.28. The smallest absolute Gasteiger partial charge is 0.137 e. The molecule has 0 saturated heterocycles. The van der Waals surface area contributed by atoms with Gasteiger partial charge in [-0.1, -0.05) is 158 Å². The van der Waals surface area contributed by atoms with E-state index in [4.69, 9.17) is 9.97 Å². The molecule has 12 rings (SSSR count). The summed E-state index contributed by atoms with van der Waals surface area (Å²) in [5.74, 6) is 1.77. The maximum Gasteiger partial charge on any atom is 0.137 e. The number of fused-ring (bicyclic) bond motifs is 4. The van der Waals surface area contributed by atoms with Gasteiger partial charge in [0.05, 0.1) is 22.4 Å². The van der Waals surface area contributed by atoms with Crippen LogP contribution in [0.15, 0.2) is 207 Å². The molecular formula is C54H34N4. The number of hydrogen-bond acceptors (Lipinski definition) is 2. The molecule has 4 aromatic heterocycles. The van der Waals surface area contributed by atoms with Crippen molar-refractivity contribution in [3.05, 3.63) is 207 Å². The van der Waals surface area contributed by atoms with Crippen molar-refractivity contribution in [1.29, 1.82) is 0 Å². The fourth-order valence-electron chi connectivity index (χ4n) is 9.45. The Kier molecular flexibility index (Phi) is 7.20. The minimum atomic E-state index is 0.884. The van der Waals surface area contributed by atoms with Gasteiger partial charge in [0.25, 0.3) is 0 Å². The Bertz CT molecular complexity index is 3210. The summed E-state index contributed by atoms with van der Waals surface area (Å²) in [4.78, 5) is 10.0. The Morgan fingerprint density at radius 1 is 0.310 bits per heavy atom. The van der Waals surface area contributed by atoms with Crippen LogP contribution < -0.4 is 0 Å². The van der Waals surface area contributed by atoms with E-state index >= 15 is 0 Å². The van der Waals surface area contributed by atoms with Crippen molar-refractivity contribution in [2.75, 3.05) is 0 Å². The highest BCUT2D eigenvalue weighted by Crippen LogP contribution is 2.51. The molecule has 0 radical (unpaired) electrons. The van der Waals surface area contributed by atoms with Gasteiger partial charge in [-0.2, -0.15) is 0 Å². The van der Waals surface area contributed by atoms with Crippen LogP contribution in [0.5, 0.6) is 0 Å². The van der Waals surface area contributed by atoms with Crippen molar-refractivity contribution in [2.45, 2.75) is 0 Å². The van der Waals surface area contributed by atoms with Crippen LogP contribution >= 0.6 is 0 Å². The number of nitrogens with zero attached hydrogens (tertiary/aromatic N) is 4. The molecule has 0 atom stereocenters. The summed E-state index contributed by atoms with van der Waals surface area (Å²) in [5, 5.41) is 9.68. The molecule has 0 amide bonds. The maximum atomic E-state index is 5.01. The van der Waals surface area contributed by atoms with E-state index < -0.39 is 0 Å². The molecule has 0 aliphatic heterocycles. The Morgan fingerprint density at radius 2 is 0.672 bits per heavy atom. The first-order valence-electron chi connectivity index (χ1n) is 19.8. The van der Waals surface area contributed by atoms with Crippen LogP contribution in [0.1, 0.15) is 0 Å². The van der Waals surface area contributed by atoms with Crippen molar-refractivity contribution in [3.63, 3.8) is 0 Å². The van der Waals surface area contributed by atoms with E-state index in [1.165, 1.54) is 65.3 Å². The Labute approximate surface area is 334 Å². The van der Waals surface area contributed by atoms with Crippen LogP contribution in [-0.4, -0.2) is 19.1 Å². The third kappa shape index (κ3) is 4.76. The monoisotopic (exact) mass is 738 g/mol. The van der Waals surface area contributed by atoms with E-state index in [2.05, 4.69) is 191 Å². The molecule has 0 fully saturated rings. The fourth-order valence-corrected chi connectivity index (χ4v) is 9.45. The molecule has 58 heavy (non-hydrogen) atoms. The zero-order chi connectivity index (χ0) is 38.2. The normalized spacial score (nSPS) is 11.8. The second kappa shape index (κ2) is 12.9. The summed E-state index contributed by atoms with van der Waals surface area (Å²) in [7, 11) is 0. The summed E-state index contributed by atoms with van der Waals surface area (Å²) in [5.41, 5.74) is 11.6. The van der Waals surface area contributed by atoms with Crippen LogP contribution in [-0.2, 0) is 0 Å². The minimum absolute atomic E-state index is 0.884. The lowest BCUT2D eigenvalue weighted by Gasteiger charge is -2.16. The molecule has 4 heterocycles. The lowest BCUT2D eigenvalue weighted by atomic mass is 9.89. The van der Waals surface area contributed by atoms with Gasteiger partial charge in [-0.05, 0) is 80.2 Å². The molecule has 0 aliphatic rings. The summed E-state index contributed by atoms with van der Waals surface area (Å²) in [6.07, 6.45) is 3.79. The molecule has 0 aliphatic carbocycles. The zero-order valence-corrected chi connectivity index (χ0v) is 31.4. The van der Waals surface area contributed by atoms with Crippen LogP contribution in [0.2, 0.25) is 0 Å². The van der Waals surface area contributed by atoms with Gasteiger partial charge < -0.3 is 0 Å². The van der Waals surface area contributed by atoms with Crippen molar-refractivity contribution < 1.29 is 0 Å². The third-order valence-electron chi connectivity index (χ3n) is 11.7. The minimum Gasteiger partial charge on any atom is -0.293 e. The molecule has 4 heteroatoms. The number of pyridine rings is 2. The van der Waals surface area contributed by atoms with Gasteiger partial charge in [-0.3, -0.25) is 9.13 Å². The first-order chi connectivity index (χ1) is 28.8. The van der Waals surface area contributed by atoms with Gasteiger partial charge in [-0.25, -0.2) is 9.97 Å². The van der Waals surface area contributed by atoms with E-state index in [1.807, 2.05) is 24.5 Å². The average molecular weight is 739 g/mol. The highest BCUT2D eigenvalue weighted by atomic mass is 15.1. The summed E-state index contributed by atoms with van der Waals surface area (Å²) in [6, 6.07) is 69.7. The van der Waals surface area contributed by atoms with E-state index in [0.717, 1.165) is 45.2 Å². The first-order valence-corrected chi connectivity index (χ1v) is 19.8. The quantitative estimate of drug-likeness (QED) is 0.159. The van der Waals surface area contributed by atoms with Crippen molar-refractivity contribution in [2.24, 2.45) is 0 Å². The zero-order valence-electron chi connectivity index (χ0n) is 31.4. The largest absolute Gasteiger partial charge is 0.293 e. The molecule has 270 valence electrons. The molecule has 0 spiro atoms. The third-order valence-corrected chi connectivity index (χ3v) is 11.7. The van der Waals surface area contributed by atoms with E-state index in [-0.39, 0.29) is 0 Å². The molecule has 8 aromatic carbocycles. The predicted molar refractivity (Wildman–Crippen MR) is 241 cm³/mol. The second-order valence-electron chi connectivity index (χ2n) is 14.9. The highest BCUT2D eigenvalue weighted by molar-refractivity contribution is 6.35. The Balaban J connectivity index is 1.29. The molecule has 0 saturated carbocycles. The fraction of sp³-hybridized carbons (Fsp3) is 0. The number of hydrogen-bond donors (Lipinski definition) is 0. The van der Waals surface area contributed by atoms with E-state index in [9.17, 15) is 0 Å². The van der Waals surface area contributed by atoms with Crippen LogP contribution in [0.25, 0.3) is 111 Å². The van der Waals surface area contributed by atoms with Gasteiger partial charge in [0.2, 0.25) is 0 Å². The molecule has 0 N–H and O–H groups in total. The van der Waals surface area contributed by atoms with Crippen molar-refractivity contribution >= 4 is 54.1 Å². The van der Waals surface area contributed by atoms with Gasteiger partial charge in [-0.15, -0.1) is 0 Å². The van der Waals surface area contributed by atoms with Crippen molar-refractivity contribution in [1.82, 2.24) is 19.1 Å². The van der Waals surface area contributed by atoms with Gasteiger partial charge in [0.1, 0.15) is 11.6 Å². The van der Waals surface area contributed by atoms with Gasteiger partial charge >= 0.3 is 0 Å². The summed E-state index contributed by atoms with van der Waals surface area (Å²) >= 11 is 0. The van der Waals surface area contributed by atoms with Crippen molar-refractivity contribution in [3.8, 4) is 56.4 Å². The van der Waals surface area contributed by atoms with Crippen LogP contribution in [0.3, 0.4) is 0 Å². The molecule has 0 bridgehead atoms. The summed E-state index contributed by atoms with van der Waals surface area (Å²) in [6.45, 7) is 0. The van der Waals surface area contributed by atoms with Crippen LogP contribution in [0.4, 0.5) is 0 Å². The lowest BCUT2D eigenvalue weighted by molar-refractivity contribution is 1.05. The van der Waals surface area contributed by atoms with Crippen LogP contribution in [0, 0.1) is 0 Å². The topological polar surface area (TPSA) is 35.6 Å². The predicted octanol–water partition coefficient (Wildman–Crippen LogP) is 13.9. The first kappa shape index (κ1) is 32.4. The number of aromatic nitrogens is 4. The number of rotatable bonds is 6. The van der Waals surface area contributed by atoms with E-state index in [0.29, 0.717) is 0 Å². The maximum absolute atomic E-state index is 5.01. The second-order valence-corrected chi connectivity index (χ2v) is 14.9. The standard InChI is InChI=1S/C54H34N4/c1-5-17-35(18-6-1)49-43-33-39-27-30-42-48-40(28-29-41(47(39)48)53(43)57(45-25-13-15-31-55-45)51(49)37-21-9-3-10-22-37)34-44-50(36-19-7-2-8-20-36)52(38-23-11-4-12-24-38)58(54(42)44)46-26-14-16-32-56-46/h1-34H. The molecule has 0 unspecified atom stereocenters. The molecular weight excluding hydrogens is 705 g/mol. The Hall–Kier alpha value is -7.82. The number of benzene rings is 8. The molecule has 4 nitrogen and oxygen atoms in total. The lowest BCUT2D eigenvalue weighted by Crippen LogP contribution is -2.01. The van der Waals surface area contributed by atoms with Gasteiger partial charge in [0, 0.05) is 45.1 Å². The Morgan fingerprint density at radius 3 is 1.03 bits per heavy atom. The van der Waals surface area contributed by atoms with Gasteiger partial charge in [0.15, 0.2) is 0 Å². The molecule has 12 aromatic rings. The van der Waals surface area contributed by atoms with E-state index in [1.54, 1.807) is 0 Å². The SMILES string of the molecule is c1ccc(-c2c(-c3ccccc3)n(-c3ccccn3)c3c2cc2ccc4c5c(ccc3c25)cc2c(-c3ccccc3)c(-c3ccccc3)n(-c3ccccn3)c24)cc1.